The van der Waals surface area contributed by atoms with E-state index >= 15 is 0 Å². The molecule has 0 bridgehead atoms. The van der Waals surface area contributed by atoms with Crippen LogP contribution in [0.5, 0.6) is 0 Å². The van der Waals surface area contributed by atoms with Crippen molar-refractivity contribution in [2.45, 2.75) is 66.1 Å². The Balaban J connectivity index is 0.00000237. The van der Waals surface area contributed by atoms with Gasteiger partial charge in [-0.25, -0.2) is 10.0 Å². The van der Waals surface area contributed by atoms with Crippen LogP contribution in [-0.2, 0) is 7.05 Å². The monoisotopic (exact) mass is 590 g/mol. The molecule has 0 aliphatic carbocycles. The highest BCUT2D eigenvalue weighted by atomic mass is 19.4. The third kappa shape index (κ3) is 7.55. The predicted molar refractivity (Wildman–Crippen MR) is 165 cm³/mol. The minimum absolute atomic E-state index is 0.155. The van der Waals surface area contributed by atoms with Gasteiger partial charge in [0.1, 0.15) is 5.82 Å². The first-order valence-corrected chi connectivity index (χ1v) is 14.7. The summed E-state index contributed by atoms with van der Waals surface area (Å²) < 4.78 is 40.2. The number of aryl methyl sites for hydroxylation is 1. The molecule has 0 spiro atoms. The summed E-state index contributed by atoms with van der Waals surface area (Å²) in [5.74, 6) is 1.34. The van der Waals surface area contributed by atoms with Crippen molar-refractivity contribution in [3.05, 3.63) is 57.5 Å². The molecule has 1 aliphatic heterocycles. The minimum Gasteiger partial charge on any atom is -0.375 e. The number of benzene rings is 1. The number of hydrogen-bond acceptors (Lipinski definition) is 7. The molecule has 3 aromatic rings. The van der Waals surface area contributed by atoms with Gasteiger partial charge in [0.25, 0.3) is 5.56 Å². The molecule has 1 saturated heterocycles. The number of piperazine rings is 1. The second kappa shape index (κ2) is 13.8. The van der Waals surface area contributed by atoms with Gasteiger partial charge in [-0.05, 0) is 67.0 Å². The van der Waals surface area contributed by atoms with Crippen LogP contribution in [0.15, 0.2) is 35.1 Å². The molecule has 0 radical (unpaired) electrons. The van der Waals surface area contributed by atoms with E-state index in [2.05, 4.69) is 24.1 Å². The number of hydroxylamine groups is 1. The van der Waals surface area contributed by atoms with E-state index in [4.69, 9.17) is 0 Å². The fraction of sp³-hybridized carbons (Fsp3) is 0.548. The van der Waals surface area contributed by atoms with Gasteiger partial charge in [0.15, 0.2) is 5.82 Å². The van der Waals surface area contributed by atoms with E-state index in [1.54, 1.807) is 11.6 Å². The van der Waals surface area contributed by atoms with E-state index in [0.717, 1.165) is 33.7 Å². The fourth-order valence-electron chi connectivity index (χ4n) is 5.34. The Bertz CT molecular complexity index is 1410. The molecular formula is C31H45F3N6O2. The second-order valence-electron chi connectivity index (χ2n) is 10.9. The topological polar surface area (TPSA) is 76.9 Å². The van der Waals surface area contributed by atoms with Crippen molar-refractivity contribution in [3.63, 3.8) is 0 Å². The van der Waals surface area contributed by atoms with Crippen LogP contribution in [0.3, 0.4) is 0 Å². The number of anilines is 3. The van der Waals surface area contributed by atoms with E-state index < -0.39 is 12.7 Å². The molecule has 2 N–H and O–H groups in total. The average Bonchev–Trinajstić information content (AvgIpc) is 2.95. The quantitative estimate of drug-likeness (QED) is 0.292. The largest absolute Gasteiger partial charge is 0.401 e. The molecule has 11 heteroatoms. The number of alkyl halides is 3. The maximum Gasteiger partial charge on any atom is 0.401 e. The third-order valence-electron chi connectivity index (χ3n) is 7.77. The van der Waals surface area contributed by atoms with Crippen molar-refractivity contribution in [3.8, 4) is 0 Å². The summed E-state index contributed by atoms with van der Waals surface area (Å²) in [5, 5.41) is 16.2. The molecule has 0 amide bonds. The Kier molecular flexibility index (Phi) is 10.9. The lowest BCUT2D eigenvalue weighted by atomic mass is 9.97. The number of pyridine rings is 2. The molecule has 1 aromatic carbocycles. The van der Waals surface area contributed by atoms with Gasteiger partial charge in [-0.2, -0.15) is 13.2 Å². The van der Waals surface area contributed by atoms with Gasteiger partial charge in [0, 0.05) is 57.4 Å². The van der Waals surface area contributed by atoms with Gasteiger partial charge < -0.3 is 10.2 Å². The van der Waals surface area contributed by atoms with Crippen LogP contribution < -0.4 is 20.8 Å². The lowest BCUT2D eigenvalue weighted by molar-refractivity contribution is -0.146. The van der Waals surface area contributed by atoms with Gasteiger partial charge in [0.2, 0.25) is 0 Å². The summed E-state index contributed by atoms with van der Waals surface area (Å²) in [6, 6.07) is 9.49. The van der Waals surface area contributed by atoms with Gasteiger partial charge >= 0.3 is 6.18 Å². The lowest BCUT2D eigenvalue weighted by Crippen LogP contribution is -2.50. The number of nitrogens with zero attached hydrogens (tertiary/aromatic N) is 5. The van der Waals surface area contributed by atoms with Crippen LogP contribution in [-0.4, -0.2) is 65.6 Å². The maximum absolute atomic E-state index is 13.5. The standard InChI is InChI=1S/C29H39F3N6O2.C2H6/c1-7-19(3)24-8-9-25(27(34-24)36(6)40)33-20(4)21-14-18(2)15-23-22(21)16-26(35(5)28(23)39)38-12-10-37(11-13-38)17-29(30,31)32;1-2/h8-9,14-16,19-20,33,40H,7,10-13,17H2,1-6H3;1-2H3. The predicted octanol–water partition coefficient (Wildman–Crippen LogP) is 6.46. The Hall–Kier alpha value is -3.31. The number of hydrogen-bond donors (Lipinski definition) is 2. The van der Waals surface area contributed by atoms with Crippen LogP contribution in [0.1, 0.15) is 69.8 Å². The lowest BCUT2D eigenvalue weighted by Gasteiger charge is -2.37. The Labute approximate surface area is 246 Å². The summed E-state index contributed by atoms with van der Waals surface area (Å²) in [6.07, 6.45) is -3.31. The molecule has 2 atom stereocenters. The molecular weight excluding hydrogens is 545 g/mol. The Morgan fingerprint density at radius 1 is 1.07 bits per heavy atom. The number of nitrogens with one attached hydrogen (secondary N) is 1. The molecule has 0 saturated carbocycles. The van der Waals surface area contributed by atoms with Crippen molar-refractivity contribution < 1.29 is 18.4 Å². The molecule has 4 rings (SSSR count). The zero-order valence-electron chi connectivity index (χ0n) is 26.0. The maximum atomic E-state index is 13.5. The van der Waals surface area contributed by atoms with Gasteiger partial charge in [-0.1, -0.05) is 33.8 Å². The van der Waals surface area contributed by atoms with Crippen LogP contribution in [0.2, 0.25) is 0 Å². The first-order valence-electron chi connectivity index (χ1n) is 14.7. The molecule has 1 aliphatic rings. The molecule has 2 unspecified atom stereocenters. The van der Waals surface area contributed by atoms with Crippen molar-refractivity contribution in [1.82, 2.24) is 14.5 Å². The number of rotatable bonds is 8. The summed E-state index contributed by atoms with van der Waals surface area (Å²) >= 11 is 0. The minimum atomic E-state index is -4.23. The van der Waals surface area contributed by atoms with Gasteiger partial charge in [-0.3, -0.25) is 19.5 Å². The van der Waals surface area contributed by atoms with E-state index in [0.29, 0.717) is 35.8 Å². The first-order chi connectivity index (χ1) is 19.8. The summed E-state index contributed by atoms with van der Waals surface area (Å²) in [4.78, 5) is 21.6. The average molecular weight is 591 g/mol. The van der Waals surface area contributed by atoms with Crippen LogP contribution in [0.4, 0.5) is 30.5 Å². The fourth-order valence-corrected chi connectivity index (χ4v) is 5.34. The van der Waals surface area contributed by atoms with E-state index in [1.807, 2.05) is 62.9 Å². The first kappa shape index (κ1) is 33.2. The molecule has 1 fully saturated rings. The highest BCUT2D eigenvalue weighted by Gasteiger charge is 2.32. The Morgan fingerprint density at radius 2 is 1.71 bits per heavy atom. The van der Waals surface area contributed by atoms with E-state index in [-0.39, 0.29) is 30.6 Å². The third-order valence-corrected chi connectivity index (χ3v) is 7.77. The highest BCUT2D eigenvalue weighted by Crippen LogP contribution is 2.33. The van der Waals surface area contributed by atoms with Crippen molar-refractivity contribution >= 4 is 28.1 Å². The number of fused-ring (bicyclic) bond motifs is 1. The van der Waals surface area contributed by atoms with Gasteiger partial charge in [0.05, 0.1) is 12.2 Å². The number of halogens is 3. The molecule has 42 heavy (non-hydrogen) atoms. The van der Waals surface area contributed by atoms with Crippen LogP contribution in [0, 0.1) is 6.92 Å². The van der Waals surface area contributed by atoms with E-state index in [9.17, 15) is 23.2 Å². The number of aromatic nitrogens is 2. The zero-order chi connectivity index (χ0) is 31.4. The van der Waals surface area contributed by atoms with Crippen LogP contribution >= 0.6 is 0 Å². The summed E-state index contributed by atoms with van der Waals surface area (Å²) in [7, 11) is 3.24. The molecule has 3 heterocycles. The van der Waals surface area contributed by atoms with E-state index in [1.165, 1.54) is 11.9 Å². The molecule has 8 nitrogen and oxygen atoms in total. The molecule has 2 aromatic heterocycles. The second-order valence-corrected chi connectivity index (χ2v) is 10.9. The highest BCUT2D eigenvalue weighted by molar-refractivity contribution is 5.89. The summed E-state index contributed by atoms with van der Waals surface area (Å²) in [5.41, 5.74) is 3.23. The Morgan fingerprint density at radius 3 is 2.29 bits per heavy atom. The van der Waals surface area contributed by atoms with Crippen LogP contribution in [0.25, 0.3) is 10.8 Å². The van der Waals surface area contributed by atoms with Crippen molar-refractivity contribution in [2.24, 2.45) is 7.05 Å². The van der Waals surface area contributed by atoms with Crippen molar-refractivity contribution in [2.75, 3.05) is 55.1 Å². The van der Waals surface area contributed by atoms with Gasteiger partial charge in [-0.15, -0.1) is 0 Å². The smallest absolute Gasteiger partial charge is 0.375 e. The zero-order valence-corrected chi connectivity index (χ0v) is 26.0. The van der Waals surface area contributed by atoms with Crippen molar-refractivity contribution in [1.29, 1.82) is 0 Å². The SMILES string of the molecule is CC.CCC(C)c1ccc(NC(C)c2cc(C)cc3c(=O)n(C)c(N4CCN(CC(F)(F)F)CC4)cc23)c(N(C)O)n1. The molecule has 232 valence electrons. The summed E-state index contributed by atoms with van der Waals surface area (Å²) in [6.45, 7) is 12.5. The normalized spacial score (nSPS) is 15.7.